The van der Waals surface area contributed by atoms with E-state index in [-0.39, 0.29) is 0 Å². The Labute approximate surface area is 158 Å². The van der Waals surface area contributed by atoms with Crippen molar-refractivity contribution in [3.8, 4) is 11.5 Å². The molecule has 0 unspecified atom stereocenters. The van der Waals surface area contributed by atoms with E-state index < -0.39 is 0 Å². The van der Waals surface area contributed by atoms with Crippen molar-refractivity contribution >= 4 is 17.2 Å². The minimum absolute atomic E-state index is 0.574. The second-order valence-electron chi connectivity index (χ2n) is 6.38. The van der Waals surface area contributed by atoms with Crippen LogP contribution in [0.1, 0.15) is 11.1 Å². The molecule has 1 aliphatic heterocycles. The van der Waals surface area contributed by atoms with Crippen LogP contribution >= 0.6 is 0 Å². The minimum Gasteiger partial charge on any atom is -0.457 e. The molecule has 0 radical (unpaired) electrons. The first kappa shape index (κ1) is 17.0. The zero-order valence-electron chi connectivity index (χ0n) is 15.0. The molecule has 1 heterocycles. The summed E-state index contributed by atoms with van der Waals surface area (Å²) in [6, 6.07) is 23.8. The Kier molecular flexibility index (Phi) is 4.92. The van der Waals surface area contributed by atoms with Crippen LogP contribution in [-0.2, 0) is 6.42 Å². The fourth-order valence-electron chi connectivity index (χ4n) is 3.03. The van der Waals surface area contributed by atoms with Crippen molar-refractivity contribution in [3.05, 3.63) is 83.9 Å². The molecule has 0 atom stereocenters. The Morgan fingerprint density at radius 2 is 1.74 bits per heavy atom. The summed E-state index contributed by atoms with van der Waals surface area (Å²) in [6.07, 6.45) is 0.899. The predicted molar refractivity (Wildman–Crippen MR) is 111 cm³/mol. The summed E-state index contributed by atoms with van der Waals surface area (Å²) in [5, 5.41) is 6.69. The predicted octanol–water partition coefficient (Wildman–Crippen LogP) is 4.02. The van der Waals surface area contributed by atoms with Gasteiger partial charge in [-0.25, -0.2) is 4.99 Å². The van der Waals surface area contributed by atoms with Gasteiger partial charge in [-0.2, -0.15) is 0 Å². The third-order valence-corrected chi connectivity index (χ3v) is 4.41. The number of aliphatic imine (C=N–C) groups is 1. The molecule has 5 heteroatoms. The number of anilines is 2. The highest BCUT2D eigenvalue weighted by molar-refractivity contribution is 6.05. The van der Waals surface area contributed by atoms with Crippen LogP contribution in [0.2, 0.25) is 0 Å². The van der Waals surface area contributed by atoms with Crippen molar-refractivity contribution in [2.45, 2.75) is 6.42 Å². The number of fused-ring (bicyclic) bond motifs is 1. The van der Waals surface area contributed by atoms with Crippen LogP contribution < -0.4 is 21.1 Å². The molecular weight excluding hydrogens is 336 g/mol. The van der Waals surface area contributed by atoms with Crippen molar-refractivity contribution < 1.29 is 4.74 Å². The molecular formula is C22H22N4O. The molecule has 0 saturated heterocycles. The number of rotatable bonds is 5. The van der Waals surface area contributed by atoms with Gasteiger partial charge in [0.25, 0.3) is 0 Å². The third-order valence-electron chi connectivity index (χ3n) is 4.41. The normalized spacial score (nSPS) is 12.5. The molecule has 0 saturated carbocycles. The van der Waals surface area contributed by atoms with Gasteiger partial charge >= 0.3 is 0 Å². The average molecular weight is 358 g/mol. The van der Waals surface area contributed by atoms with Gasteiger partial charge in [-0.3, -0.25) is 0 Å². The number of nitrogens with zero attached hydrogens (tertiary/aromatic N) is 1. The van der Waals surface area contributed by atoms with E-state index in [0.717, 1.165) is 47.2 Å². The Morgan fingerprint density at radius 1 is 0.963 bits per heavy atom. The molecule has 0 spiro atoms. The SMILES string of the molecule is Nc1ccc2c(c1)C(NCCc1ccc(Oc3ccccc3)cc1)=NCN2. The summed E-state index contributed by atoms with van der Waals surface area (Å²) < 4.78 is 5.83. The van der Waals surface area contributed by atoms with E-state index in [1.165, 1.54) is 5.56 Å². The maximum atomic E-state index is 5.91. The molecule has 1 aliphatic rings. The summed E-state index contributed by atoms with van der Waals surface area (Å²) >= 11 is 0. The molecule has 27 heavy (non-hydrogen) atoms. The number of hydrogen-bond donors (Lipinski definition) is 3. The molecule has 136 valence electrons. The molecule has 0 fully saturated rings. The van der Waals surface area contributed by atoms with Crippen molar-refractivity contribution in [2.24, 2.45) is 4.99 Å². The maximum Gasteiger partial charge on any atom is 0.132 e. The summed E-state index contributed by atoms with van der Waals surface area (Å²) in [5.74, 6) is 2.57. The Bertz CT molecular complexity index is 936. The van der Waals surface area contributed by atoms with E-state index in [2.05, 4.69) is 27.8 Å². The van der Waals surface area contributed by atoms with Crippen LogP contribution in [0.4, 0.5) is 11.4 Å². The molecule has 5 nitrogen and oxygen atoms in total. The number of nitrogen functional groups attached to an aromatic ring is 1. The fraction of sp³-hybridized carbons (Fsp3) is 0.136. The van der Waals surface area contributed by atoms with Crippen LogP contribution in [0.5, 0.6) is 11.5 Å². The molecule has 0 aliphatic carbocycles. The Balaban J connectivity index is 1.33. The largest absolute Gasteiger partial charge is 0.457 e. The molecule has 3 aromatic carbocycles. The monoisotopic (exact) mass is 358 g/mol. The zero-order valence-corrected chi connectivity index (χ0v) is 15.0. The minimum atomic E-state index is 0.574. The van der Waals surface area contributed by atoms with Crippen LogP contribution in [0.3, 0.4) is 0 Å². The van der Waals surface area contributed by atoms with Crippen LogP contribution in [0, 0.1) is 0 Å². The van der Waals surface area contributed by atoms with Crippen molar-refractivity contribution in [1.82, 2.24) is 5.32 Å². The number of benzene rings is 3. The van der Waals surface area contributed by atoms with E-state index in [1.807, 2.05) is 60.7 Å². The Morgan fingerprint density at radius 3 is 2.56 bits per heavy atom. The first-order valence-electron chi connectivity index (χ1n) is 9.02. The smallest absolute Gasteiger partial charge is 0.132 e. The lowest BCUT2D eigenvalue weighted by Crippen LogP contribution is -2.31. The molecule has 0 aromatic heterocycles. The first-order chi connectivity index (χ1) is 13.3. The summed E-state index contributed by atoms with van der Waals surface area (Å²) in [5.41, 5.74) is 9.97. The highest BCUT2D eigenvalue weighted by Crippen LogP contribution is 2.23. The van der Waals surface area contributed by atoms with Gasteiger partial charge in [-0.1, -0.05) is 30.3 Å². The maximum absolute atomic E-state index is 5.91. The van der Waals surface area contributed by atoms with Gasteiger partial charge in [0.05, 0.1) is 0 Å². The number of nitrogens with two attached hydrogens (primary N) is 1. The second-order valence-corrected chi connectivity index (χ2v) is 6.38. The lowest BCUT2D eigenvalue weighted by molar-refractivity contribution is 0.482. The number of nitrogens with one attached hydrogen (secondary N) is 2. The Hall–Kier alpha value is -3.47. The molecule has 4 N–H and O–H groups in total. The van der Waals surface area contributed by atoms with E-state index >= 15 is 0 Å². The van der Waals surface area contributed by atoms with E-state index in [9.17, 15) is 0 Å². The van der Waals surface area contributed by atoms with Crippen molar-refractivity contribution in [3.63, 3.8) is 0 Å². The fourth-order valence-corrected chi connectivity index (χ4v) is 3.03. The number of amidine groups is 1. The first-order valence-corrected chi connectivity index (χ1v) is 9.02. The van der Waals surface area contributed by atoms with Gasteiger partial charge < -0.3 is 21.1 Å². The van der Waals surface area contributed by atoms with Crippen LogP contribution in [0.15, 0.2) is 77.8 Å². The lowest BCUT2D eigenvalue weighted by atomic mass is 10.1. The van der Waals surface area contributed by atoms with Gasteiger partial charge in [-0.15, -0.1) is 0 Å². The van der Waals surface area contributed by atoms with Crippen molar-refractivity contribution in [2.75, 3.05) is 24.3 Å². The lowest BCUT2D eigenvalue weighted by Gasteiger charge is -2.20. The molecule has 0 amide bonds. The number of ether oxygens (including phenoxy) is 1. The third kappa shape index (κ3) is 4.20. The standard InChI is InChI=1S/C22H22N4O/c23-17-8-11-21-20(14-17)22(26-15-25-21)24-13-12-16-6-9-19(10-7-16)27-18-4-2-1-3-5-18/h1-11,14,25H,12-13,15,23H2,(H,24,26). The zero-order chi connectivity index (χ0) is 18.5. The highest BCUT2D eigenvalue weighted by Gasteiger charge is 2.13. The van der Waals surface area contributed by atoms with Crippen LogP contribution in [-0.4, -0.2) is 19.0 Å². The van der Waals surface area contributed by atoms with Gasteiger partial charge in [0.2, 0.25) is 0 Å². The van der Waals surface area contributed by atoms with Gasteiger partial charge in [0, 0.05) is 23.5 Å². The summed E-state index contributed by atoms with van der Waals surface area (Å²) in [7, 11) is 0. The van der Waals surface area contributed by atoms with E-state index in [1.54, 1.807) is 0 Å². The summed E-state index contributed by atoms with van der Waals surface area (Å²) in [6.45, 7) is 1.37. The number of hydrogen-bond acceptors (Lipinski definition) is 5. The topological polar surface area (TPSA) is 71.7 Å². The van der Waals surface area contributed by atoms with Gasteiger partial charge in [-0.05, 0) is 54.4 Å². The van der Waals surface area contributed by atoms with E-state index in [4.69, 9.17) is 10.5 Å². The molecule has 0 bridgehead atoms. The summed E-state index contributed by atoms with van der Waals surface area (Å²) in [4.78, 5) is 4.52. The second kappa shape index (κ2) is 7.83. The quantitative estimate of drug-likeness (QED) is 0.602. The number of para-hydroxylation sites is 1. The average Bonchev–Trinajstić information content (AvgIpc) is 2.70. The van der Waals surface area contributed by atoms with Gasteiger partial charge in [0.15, 0.2) is 0 Å². The van der Waals surface area contributed by atoms with Crippen molar-refractivity contribution in [1.29, 1.82) is 0 Å². The molecule has 3 aromatic rings. The van der Waals surface area contributed by atoms with E-state index in [0.29, 0.717) is 6.67 Å². The highest BCUT2D eigenvalue weighted by atomic mass is 16.5. The van der Waals surface area contributed by atoms with Crippen LogP contribution in [0.25, 0.3) is 0 Å². The molecule has 4 rings (SSSR count). The van der Waals surface area contributed by atoms with Gasteiger partial charge in [0.1, 0.15) is 24.0 Å².